The molecule has 76 valence electrons. The standard InChI is InChI=1S/C13H18O/c1-8-5-9(2)12(14)11-7-13(3,4)6-10(8)11/h5,14H,6-7H2,1-4H3. The summed E-state index contributed by atoms with van der Waals surface area (Å²) in [4.78, 5) is 0. The fourth-order valence-corrected chi connectivity index (χ4v) is 2.56. The number of hydrogen-bond acceptors (Lipinski definition) is 1. The first-order valence-corrected chi connectivity index (χ1v) is 5.22. The molecule has 1 nitrogen and oxygen atoms in total. The number of aryl methyl sites for hydroxylation is 2. The van der Waals surface area contributed by atoms with Crippen LogP contribution >= 0.6 is 0 Å². The van der Waals surface area contributed by atoms with E-state index in [-0.39, 0.29) is 0 Å². The van der Waals surface area contributed by atoms with E-state index in [4.69, 9.17) is 0 Å². The van der Waals surface area contributed by atoms with Gasteiger partial charge in [-0.3, -0.25) is 0 Å². The Morgan fingerprint density at radius 3 is 2.29 bits per heavy atom. The molecule has 14 heavy (non-hydrogen) atoms. The first kappa shape index (κ1) is 9.57. The van der Waals surface area contributed by atoms with Gasteiger partial charge in [-0.05, 0) is 54.4 Å². The van der Waals surface area contributed by atoms with Crippen molar-refractivity contribution in [1.29, 1.82) is 0 Å². The monoisotopic (exact) mass is 190 g/mol. The van der Waals surface area contributed by atoms with E-state index in [0.717, 1.165) is 18.4 Å². The predicted molar refractivity (Wildman–Crippen MR) is 58.8 cm³/mol. The zero-order valence-corrected chi connectivity index (χ0v) is 9.44. The van der Waals surface area contributed by atoms with E-state index in [1.807, 2.05) is 6.92 Å². The molecule has 0 radical (unpaired) electrons. The summed E-state index contributed by atoms with van der Waals surface area (Å²) in [5, 5.41) is 9.98. The van der Waals surface area contributed by atoms with Gasteiger partial charge in [0, 0.05) is 0 Å². The molecule has 0 bridgehead atoms. The van der Waals surface area contributed by atoms with E-state index in [1.165, 1.54) is 16.7 Å². The van der Waals surface area contributed by atoms with Crippen LogP contribution in [0.3, 0.4) is 0 Å². The topological polar surface area (TPSA) is 20.2 Å². The summed E-state index contributed by atoms with van der Waals surface area (Å²) < 4.78 is 0. The van der Waals surface area contributed by atoms with E-state index in [9.17, 15) is 5.11 Å². The van der Waals surface area contributed by atoms with Crippen molar-refractivity contribution in [1.82, 2.24) is 0 Å². The molecule has 0 heterocycles. The highest BCUT2D eigenvalue weighted by Gasteiger charge is 2.31. The van der Waals surface area contributed by atoms with Crippen molar-refractivity contribution < 1.29 is 5.11 Å². The summed E-state index contributed by atoms with van der Waals surface area (Å²) in [5.41, 5.74) is 5.23. The van der Waals surface area contributed by atoms with E-state index in [0.29, 0.717) is 11.2 Å². The van der Waals surface area contributed by atoms with Gasteiger partial charge in [-0.25, -0.2) is 0 Å². The van der Waals surface area contributed by atoms with Gasteiger partial charge in [0.15, 0.2) is 0 Å². The molecule has 0 fully saturated rings. The van der Waals surface area contributed by atoms with Crippen LogP contribution < -0.4 is 0 Å². The fourth-order valence-electron chi connectivity index (χ4n) is 2.56. The molecule has 0 atom stereocenters. The average molecular weight is 190 g/mol. The summed E-state index contributed by atoms with van der Waals surface area (Å²) in [5.74, 6) is 0.524. The predicted octanol–water partition coefficient (Wildman–Crippen LogP) is 3.13. The van der Waals surface area contributed by atoms with Crippen molar-refractivity contribution in [3.05, 3.63) is 28.3 Å². The Labute approximate surface area is 85.8 Å². The Balaban J connectivity index is 2.61. The van der Waals surface area contributed by atoms with Crippen molar-refractivity contribution in [3.8, 4) is 5.75 Å². The van der Waals surface area contributed by atoms with Gasteiger partial charge in [0.05, 0.1) is 0 Å². The average Bonchev–Trinajstić information content (AvgIpc) is 2.38. The van der Waals surface area contributed by atoms with Crippen molar-refractivity contribution in [2.24, 2.45) is 5.41 Å². The highest BCUT2D eigenvalue weighted by atomic mass is 16.3. The number of fused-ring (bicyclic) bond motifs is 1. The van der Waals surface area contributed by atoms with Gasteiger partial charge in [0.1, 0.15) is 5.75 Å². The van der Waals surface area contributed by atoms with E-state index >= 15 is 0 Å². The number of rotatable bonds is 0. The summed E-state index contributed by atoms with van der Waals surface area (Å²) in [7, 11) is 0. The van der Waals surface area contributed by atoms with Crippen molar-refractivity contribution in [3.63, 3.8) is 0 Å². The molecule has 0 unspecified atom stereocenters. The second-order valence-electron chi connectivity index (χ2n) is 5.33. The van der Waals surface area contributed by atoms with Gasteiger partial charge in [-0.15, -0.1) is 0 Å². The first-order chi connectivity index (χ1) is 6.41. The van der Waals surface area contributed by atoms with Crippen LogP contribution in [0.4, 0.5) is 0 Å². The highest BCUT2D eigenvalue weighted by Crippen LogP contribution is 2.43. The highest BCUT2D eigenvalue weighted by molar-refractivity contribution is 5.52. The molecule has 1 N–H and O–H groups in total. The van der Waals surface area contributed by atoms with Gasteiger partial charge >= 0.3 is 0 Å². The van der Waals surface area contributed by atoms with Crippen LogP contribution in [0.5, 0.6) is 5.75 Å². The molecular weight excluding hydrogens is 172 g/mol. The number of aromatic hydroxyl groups is 1. The second kappa shape index (κ2) is 2.75. The smallest absolute Gasteiger partial charge is 0.121 e. The van der Waals surface area contributed by atoms with Gasteiger partial charge in [0.2, 0.25) is 0 Å². The molecule has 0 aliphatic heterocycles. The molecule has 1 aromatic rings. The molecule has 0 spiro atoms. The molecule has 0 amide bonds. The number of hydrogen-bond donors (Lipinski definition) is 1. The molecular formula is C13H18O. The number of phenolic OH excluding ortho intramolecular Hbond substituents is 1. The minimum atomic E-state index is 0.318. The first-order valence-electron chi connectivity index (χ1n) is 5.22. The third-order valence-electron chi connectivity index (χ3n) is 3.24. The van der Waals surface area contributed by atoms with Crippen LogP contribution in [0, 0.1) is 19.3 Å². The molecule has 1 aliphatic carbocycles. The number of phenols is 1. The maximum Gasteiger partial charge on any atom is 0.121 e. The van der Waals surface area contributed by atoms with E-state index in [1.54, 1.807) is 0 Å². The summed E-state index contributed by atoms with van der Waals surface area (Å²) >= 11 is 0. The van der Waals surface area contributed by atoms with E-state index < -0.39 is 0 Å². The van der Waals surface area contributed by atoms with Crippen LogP contribution in [0.1, 0.15) is 36.1 Å². The lowest BCUT2D eigenvalue weighted by molar-refractivity contribution is 0.386. The SMILES string of the molecule is Cc1cc(C)c2c(c1O)CC(C)(C)C2. The summed E-state index contributed by atoms with van der Waals surface area (Å²) in [6.07, 6.45) is 2.11. The largest absolute Gasteiger partial charge is 0.507 e. The van der Waals surface area contributed by atoms with Crippen LogP contribution in [0.25, 0.3) is 0 Å². The second-order valence-corrected chi connectivity index (χ2v) is 5.33. The molecule has 1 heteroatoms. The zero-order chi connectivity index (χ0) is 10.5. The van der Waals surface area contributed by atoms with Crippen molar-refractivity contribution >= 4 is 0 Å². The lowest BCUT2D eigenvalue weighted by Gasteiger charge is -2.15. The third-order valence-corrected chi connectivity index (χ3v) is 3.24. The van der Waals surface area contributed by atoms with Gasteiger partial charge in [0.25, 0.3) is 0 Å². The molecule has 0 saturated carbocycles. The van der Waals surface area contributed by atoms with Gasteiger partial charge in [-0.1, -0.05) is 19.9 Å². The Kier molecular flexibility index (Phi) is 1.88. The molecule has 0 saturated heterocycles. The third kappa shape index (κ3) is 1.31. The number of benzene rings is 1. The van der Waals surface area contributed by atoms with E-state index in [2.05, 4.69) is 26.8 Å². The Bertz CT molecular complexity index is 389. The Morgan fingerprint density at radius 1 is 1.07 bits per heavy atom. The van der Waals surface area contributed by atoms with Gasteiger partial charge < -0.3 is 5.11 Å². The maximum absolute atomic E-state index is 9.98. The van der Waals surface area contributed by atoms with Crippen LogP contribution in [0.15, 0.2) is 6.07 Å². The van der Waals surface area contributed by atoms with Crippen LogP contribution in [-0.2, 0) is 12.8 Å². The lowest BCUT2D eigenvalue weighted by Crippen LogP contribution is -2.09. The minimum Gasteiger partial charge on any atom is -0.507 e. The Hall–Kier alpha value is -0.980. The van der Waals surface area contributed by atoms with Crippen LogP contribution in [-0.4, -0.2) is 5.11 Å². The minimum absolute atomic E-state index is 0.318. The normalized spacial score (nSPS) is 18.3. The summed E-state index contributed by atoms with van der Waals surface area (Å²) in [6.45, 7) is 8.66. The fraction of sp³-hybridized carbons (Fsp3) is 0.538. The molecule has 2 rings (SSSR count). The Morgan fingerprint density at radius 2 is 1.64 bits per heavy atom. The van der Waals surface area contributed by atoms with Gasteiger partial charge in [-0.2, -0.15) is 0 Å². The summed E-state index contributed by atoms with van der Waals surface area (Å²) in [6, 6.07) is 2.09. The van der Waals surface area contributed by atoms with Crippen molar-refractivity contribution in [2.75, 3.05) is 0 Å². The maximum atomic E-state index is 9.98. The lowest BCUT2D eigenvalue weighted by atomic mass is 9.90. The molecule has 0 aromatic heterocycles. The van der Waals surface area contributed by atoms with Crippen molar-refractivity contribution in [2.45, 2.75) is 40.5 Å². The molecule has 1 aromatic carbocycles. The molecule has 1 aliphatic rings. The van der Waals surface area contributed by atoms with Crippen LogP contribution in [0.2, 0.25) is 0 Å². The quantitative estimate of drug-likeness (QED) is 0.666. The zero-order valence-electron chi connectivity index (χ0n) is 9.44.